The van der Waals surface area contributed by atoms with Gasteiger partial charge in [-0.15, -0.1) is 11.3 Å². The van der Waals surface area contributed by atoms with Gasteiger partial charge in [0.25, 0.3) is 11.6 Å². The number of aryl methyl sites for hydroxylation is 2. The predicted molar refractivity (Wildman–Crippen MR) is 85.8 cm³/mol. The molecular weight excluding hydrogens is 320 g/mol. The Morgan fingerprint density at radius 2 is 2.00 bits per heavy atom. The molecular formula is C15H14N2O5S. The van der Waals surface area contributed by atoms with E-state index in [9.17, 15) is 19.7 Å². The van der Waals surface area contributed by atoms with E-state index in [-0.39, 0.29) is 5.69 Å². The number of benzene rings is 1. The number of non-ortho nitro benzene ring substituents is 1. The van der Waals surface area contributed by atoms with Crippen LogP contribution >= 0.6 is 11.3 Å². The normalized spacial score (nSPS) is 10.2. The van der Waals surface area contributed by atoms with Crippen molar-refractivity contribution < 1.29 is 19.2 Å². The van der Waals surface area contributed by atoms with E-state index in [1.54, 1.807) is 19.1 Å². The van der Waals surface area contributed by atoms with E-state index in [0.717, 1.165) is 4.88 Å². The van der Waals surface area contributed by atoms with Crippen LogP contribution in [0.3, 0.4) is 0 Å². The van der Waals surface area contributed by atoms with Crippen molar-refractivity contribution in [2.45, 2.75) is 13.8 Å². The number of nitrogens with one attached hydrogen (secondary N) is 1. The molecule has 1 aromatic heterocycles. The van der Waals surface area contributed by atoms with Crippen molar-refractivity contribution in [3.8, 4) is 0 Å². The van der Waals surface area contributed by atoms with Gasteiger partial charge in [0.15, 0.2) is 6.61 Å². The molecule has 2 aromatic rings. The molecule has 0 fully saturated rings. The largest absolute Gasteiger partial charge is 0.451 e. The van der Waals surface area contributed by atoms with Crippen molar-refractivity contribution in [3.63, 3.8) is 0 Å². The van der Waals surface area contributed by atoms with Gasteiger partial charge in [-0.05, 0) is 31.5 Å². The zero-order valence-corrected chi connectivity index (χ0v) is 13.3. The molecule has 2 rings (SSSR count). The molecule has 23 heavy (non-hydrogen) atoms. The van der Waals surface area contributed by atoms with Crippen molar-refractivity contribution in [1.29, 1.82) is 0 Å². The fourth-order valence-corrected chi connectivity index (χ4v) is 2.55. The second kappa shape index (κ2) is 7.01. The van der Waals surface area contributed by atoms with Crippen molar-refractivity contribution in [2.75, 3.05) is 11.9 Å². The zero-order chi connectivity index (χ0) is 17.0. The number of rotatable bonds is 5. The number of nitro benzene ring substituents is 1. The van der Waals surface area contributed by atoms with Crippen molar-refractivity contribution in [2.24, 2.45) is 0 Å². The van der Waals surface area contributed by atoms with Gasteiger partial charge >= 0.3 is 5.97 Å². The van der Waals surface area contributed by atoms with Gasteiger partial charge in [0.2, 0.25) is 0 Å². The van der Waals surface area contributed by atoms with Crippen molar-refractivity contribution in [3.05, 3.63) is 55.8 Å². The minimum absolute atomic E-state index is 0.128. The minimum atomic E-state index is -0.575. The van der Waals surface area contributed by atoms with Crippen LogP contribution in [0.25, 0.3) is 0 Å². The Kier molecular flexibility index (Phi) is 5.07. The summed E-state index contributed by atoms with van der Waals surface area (Å²) in [5.41, 5.74) is 0.855. The molecule has 0 saturated carbocycles. The second-order valence-corrected chi connectivity index (χ2v) is 6.08. The van der Waals surface area contributed by atoms with Gasteiger partial charge in [-0.25, -0.2) is 4.79 Å². The van der Waals surface area contributed by atoms with Crippen LogP contribution in [0.15, 0.2) is 30.3 Å². The van der Waals surface area contributed by atoms with Crippen LogP contribution in [0.5, 0.6) is 0 Å². The summed E-state index contributed by atoms with van der Waals surface area (Å²) in [6.07, 6.45) is 0. The summed E-state index contributed by atoms with van der Waals surface area (Å²) < 4.78 is 4.92. The van der Waals surface area contributed by atoms with Gasteiger partial charge in [0.05, 0.1) is 10.6 Å². The molecule has 1 aromatic carbocycles. The van der Waals surface area contributed by atoms with Gasteiger partial charge in [-0.3, -0.25) is 14.9 Å². The highest BCUT2D eigenvalue weighted by Gasteiger charge is 2.14. The van der Waals surface area contributed by atoms with E-state index < -0.39 is 23.4 Å². The molecule has 0 aliphatic rings. The third-order valence-electron chi connectivity index (χ3n) is 2.98. The van der Waals surface area contributed by atoms with Gasteiger partial charge in [-0.1, -0.05) is 6.07 Å². The zero-order valence-electron chi connectivity index (χ0n) is 12.5. The monoisotopic (exact) mass is 334 g/mol. The lowest BCUT2D eigenvalue weighted by molar-refractivity contribution is -0.384. The lowest BCUT2D eigenvalue weighted by atomic mass is 10.2. The van der Waals surface area contributed by atoms with E-state index in [1.807, 2.05) is 6.92 Å². The number of anilines is 1. The number of nitro groups is 1. The highest BCUT2D eigenvalue weighted by Crippen LogP contribution is 2.22. The standard InChI is InChI=1S/C15H14N2O5S/c1-9-3-5-11(17(20)21)7-12(9)16-14(18)8-22-15(19)13-6-4-10(2)23-13/h3-7H,8H2,1-2H3,(H,16,18). The molecule has 1 N–H and O–H groups in total. The molecule has 1 heterocycles. The number of nitrogens with zero attached hydrogens (tertiary/aromatic N) is 1. The molecule has 0 unspecified atom stereocenters. The number of thiophene rings is 1. The van der Waals surface area contributed by atoms with Gasteiger partial charge in [0.1, 0.15) is 4.88 Å². The highest BCUT2D eigenvalue weighted by molar-refractivity contribution is 7.13. The number of ether oxygens (including phenoxy) is 1. The summed E-state index contributed by atoms with van der Waals surface area (Å²) >= 11 is 1.28. The number of hydrogen-bond donors (Lipinski definition) is 1. The summed E-state index contributed by atoms with van der Waals surface area (Å²) in [6.45, 7) is 3.11. The number of amides is 1. The first kappa shape index (κ1) is 16.6. The Morgan fingerprint density at radius 3 is 2.61 bits per heavy atom. The lowest BCUT2D eigenvalue weighted by Gasteiger charge is -2.08. The third kappa shape index (κ3) is 4.36. The fraction of sp³-hybridized carbons (Fsp3) is 0.200. The van der Waals surface area contributed by atoms with E-state index >= 15 is 0 Å². The Hall–Kier alpha value is -2.74. The Labute approximate surface area is 136 Å². The van der Waals surface area contributed by atoms with Crippen molar-refractivity contribution in [1.82, 2.24) is 0 Å². The molecule has 0 bridgehead atoms. The average Bonchev–Trinajstić information content (AvgIpc) is 2.93. The molecule has 1 amide bonds. The number of carbonyl (C=O) groups is 2. The fourth-order valence-electron chi connectivity index (χ4n) is 1.79. The molecule has 8 heteroatoms. The van der Waals surface area contributed by atoms with Gasteiger partial charge in [-0.2, -0.15) is 0 Å². The summed E-state index contributed by atoms with van der Waals surface area (Å²) in [4.78, 5) is 35.2. The minimum Gasteiger partial charge on any atom is -0.451 e. The average molecular weight is 334 g/mol. The SMILES string of the molecule is Cc1ccc(C(=O)OCC(=O)Nc2cc([N+](=O)[O-])ccc2C)s1. The van der Waals surface area contributed by atoms with Gasteiger partial charge in [0, 0.05) is 17.0 Å². The van der Waals surface area contributed by atoms with Crippen LogP contribution in [0.4, 0.5) is 11.4 Å². The van der Waals surface area contributed by atoms with Crippen LogP contribution in [-0.2, 0) is 9.53 Å². The molecule has 0 radical (unpaired) electrons. The third-order valence-corrected chi connectivity index (χ3v) is 3.96. The molecule has 0 saturated heterocycles. The van der Waals surface area contributed by atoms with Crippen LogP contribution < -0.4 is 5.32 Å². The first-order chi connectivity index (χ1) is 10.9. The molecule has 0 aliphatic heterocycles. The topological polar surface area (TPSA) is 98.5 Å². The summed E-state index contributed by atoms with van der Waals surface area (Å²) in [5, 5.41) is 13.2. The summed E-state index contributed by atoms with van der Waals surface area (Å²) in [6, 6.07) is 7.56. The molecule has 0 atom stereocenters. The number of esters is 1. The number of hydrogen-bond acceptors (Lipinski definition) is 6. The van der Waals surface area contributed by atoms with Gasteiger partial charge < -0.3 is 10.1 Å². The lowest BCUT2D eigenvalue weighted by Crippen LogP contribution is -2.21. The molecule has 7 nitrogen and oxygen atoms in total. The van der Waals surface area contributed by atoms with E-state index in [0.29, 0.717) is 16.1 Å². The second-order valence-electron chi connectivity index (χ2n) is 4.79. The Bertz CT molecular complexity index is 769. The van der Waals surface area contributed by atoms with Crippen molar-refractivity contribution >= 4 is 34.6 Å². The Morgan fingerprint density at radius 1 is 1.26 bits per heavy atom. The predicted octanol–water partition coefficient (Wildman–Crippen LogP) is 3.07. The van der Waals surface area contributed by atoms with Crippen LogP contribution in [0.2, 0.25) is 0 Å². The van der Waals surface area contributed by atoms with Crippen LogP contribution in [0, 0.1) is 24.0 Å². The maximum atomic E-state index is 11.8. The molecule has 120 valence electrons. The first-order valence-electron chi connectivity index (χ1n) is 6.65. The van der Waals surface area contributed by atoms with Crippen LogP contribution in [0.1, 0.15) is 20.1 Å². The van der Waals surface area contributed by atoms with E-state index in [1.165, 1.54) is 29.5 Å². The van der Waals surface area contributed by atoms with E-state index in [4.69, 9.17) is 4.74 Å². The first-order valence-corrected chi connectivity index (χ1v) is 7.47. The van der Waals surface area contributed by atoms with Crippen LogP contribution in [-0.4, -0.2) is 23.4 Å². The molecule has 0 spiro atoms. The smallest absolute Gasteiger partial charge is 0.348 e. The molecule has 0 aliphatic carbocycles. The summed E-state index contributed by atoms with van der Waals surface area (Å²) in [7, 11) is 0. The summed E-state index contributed by atoms with van der Waals surface area (Å²) in [5.74, 6) is -1.13. The Balaban J connectivity index is 1.96. The quantitative estimate of drug-likeness (QED) is 0.515. The maximum absolute atomic E-state index is 11.8. The van der Waals surface area contributed by atoms with E-state index in [2.05, 4.69) is 5.32 Å². The number of carbonyl (C=O) groups excluding carboxylic acids is 2. The maximum Gasteiger partial charge on any atom is 0.348 e. The highest BCUT2D eigenvalue weighted by atomic mass is 32.1.